The zero-order valence-electron chi connectivity index (χ0n) is 11.6. The van der Waals surface area contributed by atoms with Gasteiger partial charge in [0, 0.05) is 13.2 Å². The minimum atomic E-state index is -0.351. The Bertz CT molecular complexity index is 410. The molecular formula is C16H23NO2. The Labute approximate surface area is 115 Å². The van der Waals surface area contributed by atoms with Crippen LogP contribution in [0, 0.1) is 5.92 Å². The van der Waals surface area contributed by atoms with Crippen molar-refractivity contribution in [1.29, 1.82) is 0 Å². The van der Waals surface area contributed by atoms with Gasteiger partial charge in [-0.3, -0.25) is 4.79 Å². The molecule has 0 heterocycles. The van der Waals surface area contributed by atoms with Crippen LogP contribution in [0.3, 0.4) is 0 Å². The summed E-state index contributed by atoms with van der Waals surface area (Å²) in [6.07, 6.45) is 4.07. The maximum absolute atomic E-state index is 12.6. The molecule has 1 aliphatic rings. The number of benzene rings is 1. The van der Waals surface area contributed by atoms with Crippen LogP contribution in [0.5, 0.6) is 0 Å². The summed E-state index contributed by atoms with van der Waals surface area (Å²) >= 11 is 0. The molecule has 1 aromatic carbocycles. The number of carbonyl (C=O) groups excluding carboxylic acids is 1. The van der Waals surface area contributed by atoms with E-state index < -0.39 is 0 Å². The summed E-state index contributed by atoms with van der Waals surface area (Å²) in [5, 5.41) is 12.1. The van der Waals surface area contributed by atoms with E-state index in [1.54, 1.807) is 0 Å². The molecule has 0 spiro atoms. The highest BCUT2D eigenvalue weighted by Gasteiger charge is 2.42. The summed E-state index contributed by atoms with van der Waals surface area (Å²) in [4.78, 5) is 12.6. The van der Waals surface area contributed by atoms with Crippen molar-refractivity contribution in [2.45, 2.75) is 38.0 Å². The van der Waals surface area contributed by atoms with E-state index in [1.165, 1.54) is 0 Å². The molecule has 3 heteroatoms. The molecule has 1 atom stereocenters. The smallest absolute Gasteiger partial charge is 0.230 e. The monoisotopic (exact) mass is 261 g/mol. The fraction of sp³-hybridized carbons (Fsp3) is 0.562. The average Bonchev–Trinajstić information content (AvgIpc) is 2.96. The lowest BCUT2D eigenvalue weighted by molar-refractivity contribution is -0.126. The second kappa shape index (κ2) is 6.20. The first-order valence-corrected chi connectivity index (χ1v) is 7.14. The number of hydrogen-bond donors (Lipinski definition) is 2. The van der Waals surface area contributed by atoms with Gasteiger partial charge < -0.3 is 10.4 Å². The summed E-state index contributed by atoms with van der Waals surface area (Å²) < 4.78 is 0. The van der Waals surface area contributed by atoms with E-state index in [-0.39, 0.29) is 23.8 Å². The number of hydrogen-bond acceptors (Lipinski definition) is 2. The maximum Gasteiger partial charge on any atom is 0.230 e. The molecule has 1 unspecified atom stereocenters. The Morgan fingerprint density at radius 2 is 1.95 bits per heavy atom. The zero-order chi connectivity index (χ0) is 13.7. The largest absolute Gasteiger partial charge is 0.396 e. The quantitative estimate of drug-likeness (QED) is 0.854. The third kappa shape index (κ3) is 2.98. The number of amides is 1. The van der Waals surface area contributed by atoms with Gasteiger partial charge in [0.2, 0.25) is 5.91 Å². The van der Waals surface area contributed by atoms with Crippen molar-refractivity contribution in [2.24, 2.45) is 5.92 Å². The molecule has 0 aliphatic heterocycles. The third-order valence-electron chi connectivity index (χ3n) is 4.14. The van der Waals surface area contributed by atoms with Crippen LogP contribution < -0.4 is 5.32 Å². The Morgan fingerprint density at radius 1 is 1.32 bits per heavy atom. The van der Waals surface area contributed by atoms with E-state index in [4.69, 9.17) is 5.11 Å². The predicted octanol–water partition coefficient (Wildman–Crippen LogP) is 2.24. The lowest BCUT2D eigenvalue weighted by Gasteiger charge is -2.29. The Morgan fingerprint density at radius 3 is 2.53 bits per heavy atom. The number of carbonyl (C=O) groups is 1. The van der Waals surface area contributed by atoms with Gasteiger partial charge in [0.1, 0.15) is 0 Å². The molecule has 1 saturated carbocycles. The first-order chi connectivity index (χ1) is 9.19. The molecule has 1 fully saturated rings. The standard InChI is InChI=1S/C16H23NO2/c1-13(12-18)11-17-15(19)16(9-5-6-10-16)14-7-3-2-4-8-14/h2-4,7-8,13,18H,5-6,9-12H2,1H3,(H,17,19). The highest BCUT2D eigenvalue weighted by Crippen LogP contribution is 2.41. The van der Waals surface area contributed by atoms with E-state index in [0.29, 0.717) is 6.54 Å². The third-order valence-corrected chi connectivity index (χ3v) is 4.14. The molecular weight excluding hydrogens is 238 g/mol. The topological polar surface area (TPSA) is 49.3 Å². The van der Waals surface area contributed by atoms with Gasteiger partial charge in [-0.2, -0.15) is 0 Å². The Hall–Kier alpha value is -1.35. The van der Waals surface area contributed by atoms with Crippen LogP contribution in [0.2, 0.25) is 0 Å². The van der Waals surface area contributed by atoms with E-state index in [0.717, 1.165) is 31.2 Å². The predicted molar refractivity (Wildman–Crippen MR) is 75.8 cm³/mol. The molecule has 19 heavy (non-hydrogen) atoms. The molecule has 1 aromatic rings. The number of aliphatic hydroxyl groups excluding tert-OH is 1. The van der Waals surface area contributed by atoms with Crippen LogP contribution in [-0.2, 0) is 10.2 Å². The van der Waals surface area contributed by atoms with Gasteiger partial charge in [0.05, 0.1) is 5.41 Å². The van der Waals surface area contributed by atoms with Gasteiger partial charge in [-0.25, -0.2) is 0 Å². The number of nitrogens with one attached hydrogen (secondary N) is 1. The van der Waals surface area contributed by atoms with Crippen molar-refractivity contribution < 1.29 is 9.90 Å². The second-order valence-electron chi connectivity index (χ2n) is 5.65. The van der Waals surface area contributed by atoms with Crippen molar-refractivity contribution in [3.8, 4) is 0 Å². The molecule has 1 aliphatic carbocycles. The van der Waals surface area contributed by atoms with E-state index in [1.807, 2.05) is 25.1 Å². The number of aliphatic hydroxyl groups is 1. The Balaban J connectivity index is 2.14. The van der Waals surface area contributed by atoms with Crippen LogP contribution in [0.4, 0.5) is 0 Å². The molecule has 104 valence electrons. The van der Waals surface area contributed by atoms with Gasteiger partial charge in [-0.1, -0.05) is 50.1 Å². The second-order valence-corrected chi connectivity index (χ2v) is 5.65. The summed E-state index contributed by atoms with van der Waals surface area (Å²) in [5.74, 6) is 0.231. The highest BCUT2D eigenvalue weighted by molar-refractivity contribution is 5.88. The van der Waals surface area contributed by atoms with Crippen molar-refractivity contribution in [3.05, 3.63) is 35.9 Å². The van der Waals surface area contributed by atoms with Crippen molar-refractivity contribution in [1.82, 2.24) is 5.32 Å². The van der Waals surface area contributed by atoms with Gasteiger partial charge in [0.25, 0.3) is 0 Å². The van der Waals surface area contributed by atoms with Crippen LogP contribution in [0.1, 0.15) is 38.2 Å². The fourth-order valence-electron chi connectivity index (χ4n) is 2.88. The normalized spacial score (nSPS) is 19.1. The fourth-order valence-corrected chi connectivity index (χ4v) is 2.88. The van der Waals surface area contributed by atoms with Crippen LogP contribution >= 0.6 is 0 Å². The summed E-state index contributed by atoms with van der Waals surface area (Å²) in [7, 11) is 0. The molecule has 0 bridgehead atoms. The highest BCUT2D eigenvalue weighted by atomic mass is 16.3. The average molecular weight is 261 g/mol. The summed E-state index contributed by atoms with van der Waals surface area (Å²) in [6, 6.07) is 10.1. The Kier molecular flexibility index (Phi) is 4.59. The zero-order valence-corrected chi connectivity index (χ0v) is 11.6. The summed E-state index contributed by atoms with van der Waals surface area (Å²) in [6.45, 7) is 2.59. The molecule has 3 nitrogen and oxygen atoms in total. The lowest BCUT2D eigenvalue weighted by atomic mass is 9.78. The van der Waals surface area contributed by atoms with Crippen LogP contribution in [0.15, 0.2) is 30.3 Å². The van der Waals surface area contributed by atoms with Gasteiger partial charge in [-0.15, -0.1) is 0 Å². The molecule has 2 N–H and O–H groups in total. The molecule has 0 radical (unpaired) electrons. The first kappa shape index (κ1) is 14.1. The van der Waals surface area contributed by atoms with Gasteiger partial charge in [0.15, 0.2) is 0 Å². The van der Waals surface area contributed by atoms with Crippen LogP contribution in [0.25, 0.3) is 0 Å². The van der Waals surface area contributed by atoms with Crippen molar-refractivity contribution in [2.75, 3.05) is 13.2 Å². The SMILES string of the molecule is CC(CO)CNC(=O)C1(c2ccccc2)CCCC1. The van der Waals surface area contributed by atoms with Gasteiger partial charge >= 0.3 is 0 Å². The van der Waals surface area contributed by atoms with Gasteiger partial charge in [-0.05, 0) is 24.3 Å². The summed E-state index contributed by atoms with van der Waals surface area (Å²) in [5.41, 5.74) is 0.776. The first-order valence-electron chi connectivity index (χ1n) is 7.14. The molecule has 1 amide bonds. The van der Waals surface area contributed by atoms with E-state index in [2.05, 4.69) is 17.4 Å². The van der Waals surface area contributed by atoms with Crippen molar-refractivity contribution >= 4 is 5.91 Å². The van der Waals surface area contributed by atoms with Crippen molar-refractivity contribution in [3.63, 3.8) is 0 Å². The number of rotatable bonds is 5. The molecule has 2 rings (SSSR count). The minimum Gasteiger partial charge on any atom is -0.396 e. The van der Waals surface area contributed by atoms with E-state index in [9.17, 15) is 4.79 Å². The minimum absolute atomic E-state index is 0.109. The van der Waals surface area contributed by atoms with E-state index >= 15 is 0 Å². The maximum atomic E-state index is 12.6. The lowest BCUT2D eigenvalue weighted by Crippen LogP contribution is -2.44. The molecule has 0 saturated heterocycles. The molecule has 0 aromatic heterocycles. The van der Waals surface area contributed by atoms with Crippen LogP contribution in [-0.4, -0.2) is 24.2 Å².